The van der Waals surface area contributed by atoms with Crippen LogP contribution >= 0.6 is 11.6 Å². The summed E-state index contributed by atoms with van der Waals surface area (Å²) in [6, 6.07) is 9.76. The third-order valence-corrected chi connectivity index (χ3v) is 3.21. The lowest BCUT2D eigenvalue weighted by molar-refractivity contribution is -0.385. The zero-order valence-corrected chi connectivity index (χ0v) is 11.9. The van der Waals surface area contributed by atoms with Crippen molar-refractivity contribution in [1.29, 1.82) is 0 Å². The summed E-state index contributed by atoms with van der Waals surface area (Å²) in [5, 5.41) is 15.7. The fourth-order valence-electron chi connectivity index (χ4n) is 1.91. The average Bonchev–Trinajstić information content (AvgIpc) is 2.95. The van der Waals surface area contributed by atoms with E-state index in [1.165, 1.54) is 18.3 Å². The summed E-state index contributed by atoms with van der Waals surface area (Å²) in [6.45, 7) is 0.0517. The van der Waals surface area contributed by atoms with Gasteiger partial charge in [-0.3, -0.25) is 15.5 Å². The molecule has 0 atom stereocenters. The molecule has 0 bridgehead atoms. The van der Waals surface area contributed by atoms with Crippen molar-refractivity contribution >= 4 is 29.2 Å². The number of hydrogen-bond donors (Lipinski definition) is 1. The second kappa shape index (κ2) is 5.90. The topological polar surface area (TPSA) is 86.0 Å². The molecule has 112 valence electrons. The Morgan fingerprint density at radius 1 is 1.23 bits per heavy atom. The molecule has 1 N–H and O–H groups in total. The smallest absolute Gasteiger partial charge is 0.282 e. The van der Waals surface area contributed by atoms with Crippen LogP contribution in [0.15, 0.2) is 41.5 Å². The zero-order chi connectivity index (χ0) is 15.5. The van der Waals surface area contributed by atoms with Gasteiger partial charge in [0.05, 0.1) is 28.5 Å². The number of rotatable bonds is 4. The predicted octanol–water partition coefficient (Wildman–Crippen LogP) is 3.42. The van der Waals surface area contributed by atoms with Gasteiger partial charge >= 0.3 is 0 Å². The molecule has 1 aliphatic heterocycles. The second-order valence-corrected chi connectivity index (χ2v) is 4.83. The van der Waals surface area contributed by atoms with Crippen molar-refractivity contribution in [3.05, 3.63) is 57.1 Å². The molecule has 0 saturated carbocycles. The van der Waals surface area contributed by atoms with Gasteiger partial charge in [0.25, 0.3) is 5.69 Å². The standard InChI is InChI=1S/C14H10ClN3O4/c15-10-1-3-11(4-2-10)17-16-7-9-5-13-14(22-8-21-13)6-12(9)18(19)20/h1-7,17H,8H2/b16-7-. The molecule has 0 saturated heterocycles. The Morgan fingerprint density at radius 3 is 2.59 bits per heavy atom. The molecule has 0 aromatic heterocycles. The molecule has 1 aliphatic rings. The summed E-state index contributed by atoms with van der Waals surface area (Å²) in [5.74, 6) is 0.813. The van der Waals surface area contributed by atoms with E-state index in [0.29, 0.717) is 27.8 Å². The molecule has 0 spiro atoms. The number of hydrazone groups is 1. The first-order valence-electron chi connectivity index (χ1n) is 6.26. The van der Waals surface area contributed by atoms with Gasteiger partial charge in [-0.2, -0.15) is 5.10 Å². The number of nitrogens with zero attached hydrogens (tertiary/aromatic N) is 2. The van der Waals surface area contributed by atoms with Crippen molar-refractivity contribution in [3.63, 3.8) is 0 Å². The minimum absolute atomic E-state index is 0.0517. The number of benzene rings is 2. The Balaban J connectivity index is 1.83. The van der Waals surface area contributed by atoms with Gasteiger partial charge in [0, 0.05) is 5.02 Å². The molecule has 0 radical (unpaired) electrons. The van der Waals surface area contributed by atoms with Crippen molar-refractivity contribution in [2.24, 2.45) is 5.10 Å². The molecule has 0 unspecified atom stereocenters. The van der Waals surface area contributed by atoms with E-state index >= 15 is 0 Å². The van der Waals surface area contributed by atoms with Gasteiger partial charge in [-0.1, -0.05) is 11.6 Å². The monoisotopic (exact) mass is 319 g/mol. The van der Waals surface area contributed by atoms with Crippen LogP contribution < -0.4 is 14.9 Å². The predicted molar refractivity (Wildman–Crippen MR) is 81.9 cm³/mol. The molecular formula is C14H10ClN3O4. The normalized spacial score (nSPS) is 12.6. The largest absolute Gasteiger partial charge is 0.454 e. The zero-order valence-electron chi connectivity index (χ0n) is 11.2. The molecule has 7 nitrogen and oxygen atoms in total. The van der Waals surface area contributed by atoms with Crippen LogP contribution in [0.2, 0.25) is 5.02 Å². The van der Waals surface area contributed by atoms with Crippen LogP contribution in [0.3, 0.4) is 0 Å². The summed E-state index contributed by atoms with van der Waals surface area (Å²) in [6.07, 6.45) is 1.36. The summed E-state index contributed by atoms with van der Waals surface area (Å²) >= 11 is 5.78. The molecule has 22 heavy (non-hydrogen) atoms. The quantitative estimate of drug-likeness (QED) is 0.530. The minimum atomic E-state index is -0.494. The number of nitro groups is 1. The molecule has 8 heteroatoms. The van der Waals surface area contributed by atoms with Crippen LogP contribution in [-0.4, -0.2) is 17.9 Å². The molecule has 0 fully saturated rings. The number of nitro benzene ring substituents is 1. The number of anilines is 1. The highest BCUT2D eigenvalue weighted by molar-refractivity contribution is 6.30. The molecule has 0 aliphatic carbocycles. The van der Waals surface area contributed by atoms with Crippen LogP contribution in [0.1, 0.15) is 5.56 Å². The Labute approximate surface area is 130 Å². The first-order chi connectivity index (χ1) is 10.6. The maximum absolute atomic E-state index is 11.1. The van der Waals surface area contributed by atoms with Crippen LogP contribution in [0.4, 0.5) is 11.4 Å². The van der Waals surface area contributed by atoms with Crippen molar-refractivity contribution in [3.8, 4) is 11.5 Å². The maximum atomic E-state index is 11.1. The lowest BCUT2D eigenvalue weighted by Crippen LogP contribution is -1.97. The van der Waals surface area contributed by atoms with Gasteiger partial charge in [0.1, 0.15) is 0 Å². The highest BCUT2D eigenvalue weighted by Crippen LogP contribution is 2.37. The van der Waals surface area contributed by atoms with Crippen molar-refractivity contribution < 1.29 is 14.4 Å². The molecule has 3 rings (SSSR count). The van der Waals surface area contributed by atoms with Crippen LogP contribution in [0, 0.1) is 10.1 Å². The van der Waals surface area contributed by atoms with E-state index in [-0.39, 0.29) is 12.5 Å². The Kier molecular flexibility index (Phi) is 3.80. The SMILES string of the molecule is O=[N+]([O-])c1cc2c(cc1/C=N\Nc1ccc(Cl)cc1)OCO2. The van der Waals surface area contributed by atoms with Crippen molar-refractivity contribution in [2.45, 2.75) is 0 Å². The van der Waals surface area contributed by atoms with Gasteiger partial charge in [0.2, 0.25) is 6.79 Å². The minimum Gasteiger partial charge on any atom is -0.454 e. The van der Waals surface area contributed by atoms with Crippen LogP contribution in [0.5, 0.6) is 11.5 Å². The lowest BCUT2D eigenvalue weighted by atomic mass is 10.1. The first-order valence-corrected chi connectivity index (χ1v) is 6.64. The van der Waals surface area contributed by atoms with Crippen molar-refractivity contribution in [1.82, 2.24) is 0 Å². The van der Waals surface area contributed by atoms with Gasteiger partial charge in [-0.15, -0.1) is 0 Å². The fraction of sp³-hybridized carbons (Fsp3) is 0.0714. The van der Waals surface area contributed by atoms with E-state index in [9.17, 15) is 10.1 Å². The number of hydrogen-bond acceptors (Lipinski definition) is 6. The first kappa shape index (κ1) is 14.2. The Bertz CT molecular complexity index is 746. The highest BCUT2D eigenvalue weighted by atomic mass is 35.5. The van der Waals surface area contributed by atoms with E-state index in [1.54, 1.807) is 24.3 Å². The summed E-state index contributed by atoms with van der Waals surface area (Å²) in [7, 11) is 0. The summed E-state index contributed by atoms with van der Waals surface area (Å²) < 4.78 is 10.3. The second-order valence-electron chi connectivity index (χ2n) is 4.40. The third-order valence-electron chi connectivity index (χ3n) is 2.96. The number of ether oxygens (including phenoxy) is 2. The van der Waals surface area contributed by atoms with Gasteiger partial charge in [-0.25, -0.2) is 0 Å². The number of fused-ring (bicyclic) bond motifs is 1. The van der Waals surface area contributed by atoms with Crippen molar-refractivity contribution in [2.75, 3.05) is 12.2 Å². The summed E-state index contributed by atoms with van der Waals surface area (Å²) in [5.41, 5.74) is 3.69. The lowest BCUT2D eigenvalue weighted by Gasteiger charge is -2.02. The summed E-state index contributed by atoms with van der Waals surface area (Å²) in [4.78, 5) is 10.6. The van der Waals surface area contributed by atoms with Gasteiger partial charge in [0.15, 0.2) is 11.5 Å². The number of nitrogens with one attached hydrogen (secondary N) is 1. The van der Waals surface area contributed by atoms with Gasteiger partial charge in [-0.05, 0) is 30.3 Å². The molecule has 2 aromatic rings. The third kappa shape index (κ3) is 2.94. The fourth-order valence-corrected chi connectivity index (χ4v) is 2.04. The van der Waals surface area contributed by atoms with E-state index in [2.05, 4.69) is 10.5 Å². The van der Waals surface area contributed by atoms with Gasteiger partial charge < -0.3 is 9.47 Å². The molecular weight excluding hydrogens is 310 g/mol. The van der Waals surface area contributed by atoms with E-state index in [1.807, 2.05) is 0 Å². The van der Waals surface area contributed by atoms with E-state index in [4.69, 9.17) is 21.1 Å². The van der Waals surface area contributed by atoms with E-state index in [0.717, 1.165) is 0 Å². The maximum Gasteiger partial charge on any atom is 0.282 e. The number of halogens is 1. The average molecular weight is 320 g/mol. The van der Waals surface area contributed by atoms with Crippen LogP contribution in [0.25, 0.3) is 0 Å². The van der Waals surface area contributed by atoms with Crippen LogP contribution in [-0.2, 0) is 0 Å². The molecule has 2 aromatic carbocycles. The molecule has 1 heterocycles. The Morgan fingerprint density at radius 2 is 1.91 bits per heavy atom. The Hall–Kier alpha value is -2.80. The van der Waals surface area contributed by atoms with E-state index < -0.39 is 4.92 Å². The highest BCUT2D eigenvalue weighted by Gasteiger charge is 2.22. The molecule has 0 amide bonds.